The molecule has 9 heavy (non-hydrogen) atoms. The fourth-order valence-corrected chi connectivity index (χ4v) is 0.492. The van der Waals surface area contributed by atoms with E-state index in [1.54, 1.807) is 6.08 Å². The van der Waals surface area contributed by atoms with Crippen LogP contribution in [-0.2, 0) is 0 Å². The maximum absolute atomic E-state index is 8.38. The molecular formula is C7H13NO. The van der Waals surface area contributed by atoms with E-state index in [4.69, 9.17) is 5.11 Å². The Labute approximate surface area is 55.9 Å². The highest BCUT2D eigenvalue weighted by Gasteiger charge is 1.83. The Balaban J connectivity index is 3.45. The lowest BCUT2D eigenvalue weighted by atomic mass is 10.4. The Hall–Kier alpha value is -0.760. The number of hydrogen-bond donors (Lipinski definition) is 2. The third kappa shape index (κ3) is 3.79. The van der Waals surface area contributed by atoms with Crippen molar-refractivity contribution in [3.63, 3.8) is 0 Å². The lowest BCUT2D eigenvalue weighted by molar-refractivity contribution is 0.297. The summed E-state index contributed by atoms with van der Waals surface area (Å²) in [4.78, 5) is 0. The van der Waals surface area contributed by atoms with Crippen molar-refractivity contribution in [2.75, 3.05) is 13.2 Å². The molecule has 2 heteroatoms. The van der Waals surface area contributed by atoms with Crippen molar-refractivity contribution in [2.24, 2.45) is 0 Å². The summed E-state index contributed by atoms with van der Waals surface area (Å²) in [5.41, 5.74) is 0.962. The lowest BCUT2D eigenvalue weighted by Gasteiger charge is -2.01. The van der Waals surface area contributed by atoms with E-state index in [2.05, 4.69) is 11.9 Å². The second-order valence-electron chi connectivity index (χ2n) is 1.60. The third-order valence-electron chi connectivity index (χ3n) is 0.972. The van der Waals surface area contributed by atoms with E-state index in [1.165, 1.54) is 0 Å². The van der Waals surface area contributed by atoms with Crippen molar-refractivity contribution >= 4 is 0 Å². The zero-order chi connectivity index (χ0) is 7.11. The molecule has 0 saturated heterocycles. The first-order valence-corrected chi connectivity index (χ1v) is 2.98. The molecule has 0 spiro atoms. The molecule has 2 nitrogen and oxygen atoms in total. The molecule has 0 aliphatic heterocycles. The Morgan fingerprint density at radius 2 is 2.44 bits per heavy atom. The van der Waals surface area contributed by atoms with Gasteiger partial charge in [0.15, 0.2) is 0 Å². The second-order valence-corrected chi connectivity index (χ2v) is 1.60. The SMILES string of the molecule is C=C/C(=C\C)NCCO. The Morgan fingerprint density at radius 1 is 1.78 bits per heavy atom. The van der Waals surface area contributed by atoms with Gasteiger partial charge in [0.25, 0.3) is 0 Å². The highest BCUT2D eigenvalue weighted by molar-refractivity contribution is 5.12. The number of rotatable bonds is 4. The van der Waals surface area contributed by atoms with Crippen LogP contribution in [0.25, 0.3) is 0 Å². The Bertz CT molecular complexity index is 107. The van der Waals surface area contributed by atoms with E-state index < -0.39 is 0 Å². The van der Waals surface area contributed by atoms with E-state index in [1.807, 2.05) is 13.0 Å². The summed E-state index contributed by atoms with van der Waals surface area (Å²) in [6.45, 7) is 6.24. The Morgan fingerprint density at radius 3 is 2.78 bits per heavy atom. The molecule has 0 saturated carbocycles. The molecule has 0 aliphatic rings. The fraction of sp³-hybridized carbons (Fsp3) is 0.429. The van der Waals surface area contributed by atoms with Crippen LogP contribution in [0, 0.1) is 0 Å². The minimum Gasteiger partial charge on any atom is -0.395 e. The molecule has 0 radical (unpaired) electrons. The number of allylic oxidation sites excluding steroid dienone is 2. The van der Waals surface area contributed by atoms with Crippen LogP contribution in [0.1, 0.15) is 6.92 Å². The first-order chi connectivity index (χ1) is 4.35. The summed E-state index contributed by atoms with van der Waals surface area (Å²) in [5, 5.41) is 11.3. The van der Waals surface area contributed by atoms with Crippen molar-refractivity contribution in [2.45, 2.75) is 6.92 Å². The number of aliphatic hydroxyl groups is 1. The van der Waals surface area contributed by atoms with E-state index in [-0.39, 0.29) is 6.61 Å². The van der Waals surface area contributed by atoms with E-state index in [9.17, 15) is 0 Å². The van der Waals surface area contributed by atoms with E-state index >= 15 is 0 Å². The number of nitrogens with one attached hydrogen (secondary N) is 1. The zero-order valence-electron chi connectivity index (χ0n) is 5.72. The summed E-state index contributed by atoms with van der Waals surface area (Å²) in [7, 11) is 0. The van der Waals surface area contributed by atoms with Crippen LogP contribution in [0.4, 0.5) is 0 Å². The molecule has 0 aromatic heterocycles. The van der Waals surface area contributed by atoms with Crippen LogP contribution in [0.15, 0.2) is 24.4 Å². The van der Waals surface area contributed by atoms with Crippen molar-refractivity contribution in [1.82, 2.24) is 5.32 Å². The predicted octanol–water partition coefficient (Wildman–Crippen LogP) is 0.658. The van der Waals surface area contributed by atoms with Crippen molar-refractivity contribution < 1.29 is 5.11 Å². The van der Waals surface area contributed by atoms with Crippen LogP contribution >= 0.6 is 0 Å². The zero-order valence-corrected chi connectivity index (χ0v) is 5.72. The van der Waals surface area contributed by atoms with E-state index in [0.717, 1.165) is 5.70 Å². The molecule has 0 aromatic rings. The summed E-state index contributed by atoms with van der Waals surface area (Å²) >= 11 is 0. The van der Waals surface area contributed by atoms with Gasteiger partial charge in [-0.05, 0) is 13.0 Å². The van der Waals surface area contributed by atoms with Gasteiger partial charge in [-0.3, -0.25) is 0 Å². The highest BCUT2D eigenvalue weighted by atomic mass is 16.3. The van der Waals surface area contributed by atoms with Gasteiger partial charge >= 0.3 is 0 Å². The largest absolute Gasteiger partial charge is 0.395 e. The molecule has 0 fully saturated rings. The molecule has 0 aromatic carbocycles. The maximum Gasteiger partial charge on any atom is 0.0604 e. The normalized spacial score (nSPS) is 11.1. The Kier molecular flexibility index (Phi) is 4.92. The quantitative estimate of drug-likeness (QED) is 0.544. The summed E-state index contributed by atoms with van der Waals surface area (Å²) in [6, 6.07) is 0. The highest BCUT2D eigenvalue weighted by Crippen LogP contribution is 1.86. The van der Waals surface area contributed by atoms with Gasteiger partial charge in [0.1, 0.15) is 0 Å². The summed E-state index contributed by atoms with van der Waals surface area (Å²) in [5.74, 6) is 0. The van der Waals surface area contributed by atoms with Gasteiger partial charge < -0.3 is 10.4 Å². The molecule has 2 N–H and O–H groups in total. The number of hydrogen-bond acceptors (Lipinski definition) is 2. The molecule has 52 valence electrons. The third-order valence-corrected chi connectivity index (χ3v) is 0.972. The lowest BCUT2D eigenvalue weighted by Crippen LogP contribution is -2.15. The van der Waals surface area contributed by atoms with Crippen LogP contribution in [-0.4, -0.2) is 18.3 Å². The van der Waals surface area contributed by atoms with E-state index in [0.29, 0.717) is 6.54 Å². The van der Waals surface area contributed by atoms with Crippen LogP contribution in [0.2, 0.25) is 0 Å². The van der Waals surface area contributed by atoms with Crippen LogP contribution < -0.4 is 5.32 Å². The molecule has 0 rings (SSSR count). The molecule has 0 heterocycles. The smallest absolute Gasteiger partial charge is 0.0604 e. The standard InChI is InChI=1S/C7H13NO/c1-3-7(4-2)8-5-6-9/h3-4,8-9H,1,5-6H2,2H3/b7-4+. The van der Waals surface area contributed by atoms with Crippen LogP contribution in [0.3, 0.4) is 0 Å². The van der Waals surface area contributed by atoms with Gasteiger partial charge in [-0.1, -0.05) is 12.7 Å². The van der Waals surface area contributed by atoms with Gasteiger partial charge in [0, 0.05) is 12.2 Å². The van der Waals surface area contributed by atoms with Crippen molar-refractivity contribution in [1.29, 1.82) is 0 Å². The monoisotopic (exact) mass is 127 g/mol. The topological polar surface area (TPSA) is 32.3 Å². The minimum atomic E-state index is 0.158. The summed E-state index contributed by atoms with van der Waals surface area (Å²) < 4.78 is 0. The molecule has 0 bridgehead atoms. The maximum atomic E-state index is 8.38. The van der Waals surface area contributed by atoms with Crippen molar-refractivity contribution in [3.05, 3.63) is 24.4 Å². The molecule has 0 aliphatic carbocycles. The fourth-order valence-electron chi connectivity index (χ4n) is 0.492. The van der Waals surface area contributed by atoms with Gasteiger partial charge in [-0.25, -0.2) is 0 Å². The first kappa shape index (κ1) is 8.24. The predicted molar refractivity (Wildman–Crippen MR) is 39.0 cm³/mol. The molecule has 0 amide bonds. The average Bonchev–Trinajstić information content (AvgIpc) is 1.91. The summed E-state index contributed by atoms with van der Waals surface area (Å²) in [6.07, 6.45) is 3.62. The molecular weight excluding hydrogens is 114 g/mol. The van der Waals surface area contributed by atoms with Gasteiger partial charge in [-0.2, -0.15) is 0 Å². The number of aliphatic hydroxyl groups excluding tert-OH is 1. The van der Waals surface area contributed by atoms with Crippen molar-refractivity contribution in [3.8, 4) is 0 Å². The van der Waals surface area contributed by atoms with Gasteiger partial charge in [0.05, 0.1) is 6.61 Å². The molecule has 0 unspecified atom stereocenters. The van der Waals surface area contributed by atoms with Crippen LogP contribution in [0.5, 0.6) is 0 Å². The van der Waals surface area contributed by atoms with Gasteiger partial charge in [0.2, 0.25) is 0 Å². The second kappa shape index (κ2) is 5.38. The first-order valence-electron chi connectivity index (χ1n) is 2.98. The van der Waals surface area contributed by atoms with Gasteiger partial charge in [-0.15, -0.1) is 0 Å². The molecule has 0 atom stereocenters. The average molecular weight is 127 g/mol. The minimum absolute atomic E-state index is 0.158.